The molecule has 136 valence electrons. The van der Waals surface area contributed by atoms with Gasteiger partial charge < -0.3 is 5.32 Å². The van der Waals surface area contributed by atoms with Gasteiger partial charge in [-0.1, -0.05) is 6.07 Å². The first-order chi connectivity index (χ1) is 13.7. The highest BCUT2D eigenvalue weighted by molar-refractivity contribution is 7.16. The molecular formula is C20H14N6OS. The highest BCUT2D eigenvalue weighted by atomic mass is 32.1. The van der Waals surface area contributed by atoms with Crippen molar-refractivity contribution in [1.82, 2.24) is 25.0 Å². The van der Waals surface area contributed by atoms with Gasteiger partial charge in [0.05, 0.1) is 27.4 Å². The fraction of sp³-hybridized carbons (Fsp3) is 0.0500. The molecule has 0 spiro atoms. The van der Waals surface area contributed by atoms with Crippen molar-refractivity contribution < 1.29 is 4.79 Å². The van der Waals surface area contributed by atoms with Gasteiger partial charge in [0, 0.05) is 29.8 Å². The number of amides is 1. The standard InChI is InChI=1S/C20H14N6OS/c1-26-10-15(9-22-26)12-2-4-16-14(6-12)8-19(25-24-16)23-20(27)13-3-5-17-18(7-13)28-11-21-17/h2-11H,1H3,(H,23,25,27). The number of anilines is 1. The van der Waals surface area contributed by atoms with Crippen LogP contribution in [0.1, 0.15) is 10.4 Å². The Bertz CT molecular complexity index is 1340. The van der Waals surface area contributed by atoms with E-state index in [4.69, 9.17) is 0 Å². The largest absolute Gasteiger partial charge is 0.305 e. The summed E-state index contributed by atoms with van der Waals surface area (Å²) in [6.07, 6.45) is 3.77. The van der Waals surface area contributed by atoms with E-state index in [0.29, 0.717) is 11.4 Å². The molecule has 0 fully saturated rings. The van der Waals surface area contributed by atoms with Crippen molar-refractivity contribution in [2.75, 3.05) is 5.32 Å². The van der Waals surface area contributed by atoms with Gasteiger partial charge in [0.25, 0.3) is 5.91 Å². The molecule has 0 aliphatic heterocycles. The zero-order valence-electron chi connectivity index (χ0n) is 14.8. The van der Waals surface area contributed by atoms with E-state index in [1.807, 2.05) is 55.8 Å². The quantitative estimate of drug-likeness (QED) is 0.508. The Labute approximate surface area is 163 Å². The van der Waals surface area contributed by atoms with Crippen LogP contribution < -0.4 is 5.32 Å². The van der Waals surface area contributed by atoms with Crippen molar-refractivity contribution in [3.05, 3.63) is 65.9 Å². The summed E-state index contributed by atoms with van der Waals surface area (Å²) in [5, 5.41) is 16.3. The number of carbonyl (C=O) groups excluding carboxylic acids is 1. The summed E-state index contributed by atoms with van der Waals surface area (Å²) in [5.74, 6) is 0.178. The van der Waals surface area contributed by atoms with Gasteiger partial charge in [-0.3, -0.25) is 9.48 Å². The molecule has 0 radical (unpaired) electrons. The molecule has 0 aliphatic rings. The minimum atomic E-state index is -0.229. The number of fused-ring (bicyclic) bond motifs is 2. The number of benzene rings is 2. The first-order valence-electron chi connectivity index (χ1n) is 8.57. The molecule has 1 N–H and O–H groups in total. The van der Waals surface area contributed by atoms with E-state index in [1.54, 1.807) is 16.3 Å². The summed E-state index contributed by atoms with van der Waals surface area (Å²) in [5.41, 5.74) is 6.02. The van der Waals surface area contributed by atoms with Crippen molar-refractivity contribution in [2.24, 2.45) is 7.05 Å². The summed E-state index contributed by atoms with van der Waals surface area (Å²) in [4.78, 5) is 16.8. The first-order valence-corrected chi connectivity index (χ1v) is 9.45. The minimum absolute atomic E-state index is 0.229. The van der Waals surface area contributed by atoms with Crippen molar-refractivity contribution >= 4 is 44.2 Å². The van der Waals surface area contributed by atoms with Crippen LogP contribution in [0.2, 0.25) is 0 Å². The minimum Gasteiger partial charge on any atom is -0.305 e. The summed E-state index contributed by atoms with van der Waals surface area (Å²) in [7, 11) is 1.88. The fourth-order valence-corrected chi connectivity index (χ4v) is 3.76. The topological polar surface area (TPSA) is 85.6 Å². The lowest BCUT2D eigenvalue weighted by atomic mass is 10.1. The molecule has 0 atom stereocenters. The van der Waals surface area contributed by atoms with Crippen LogP contribution in [-0.4, -0.2) is 30.9 Å². The highest BCUT2D eigenvalue weighted by Crippen LogP contribution is 2.24. The maximum Gasteiger partial charge on any atom is 0.256 e. The fourth-order valence-electron chi connectivity index (χ4n) is 3.04. The molecule has 5 aromatic rings. The molecule has 28 heavy (non-hydrogen) atoms. The summed E-state index contributed by atoms with van der Waals surface area (Å²) >= 11 is 1.50. The maximum absolute atomic E-state index is 12.6. The van der Waals surface area contributed by atoms with Gasteiger partial charge in [-0.15, -0.1) is 21.5 Å². The molecule has 8 heteroatoms. The van der Waals surface area contributed by atoms with Crippen LogP contribution in [0.25, 0.3) is 32.2 Å². The lowest BCUT2D eigenvalue weighted by Gasteiger charge is -2.06. The molecule has 1 amide bonds. The second-order valence-electron chi connectivity index (χ2n) is 6.39. The average Bonchev–Trinajstić information content (AvgIpc) is 3.35. The van der Waals surface area contributed by atoms with Crippen LogP contribution in [0.15, 0.2) is 60.4 Å². The molecule has 0 bridgehead atoms. The second-order valence-corrected chi connectivity index (χ2v) is 7.28. The Hall–Kier alpha value is -3.65. The number of nitrogens with zero attached hydrogens (tertiary/aromatic N) is 5. The van der Waals surface area contributed by atoms with Gasteiger partial charge in [0.1, 0.15) is 0 Å². The number of nitrogens with one attached hydrogen (secondary N) is 1. The van der Waals surface area contributed by atoms with Crippen LogP contribution in [0.5, 0.6) is 0 Å². The number of carbonyl (C=O) groups is 1. The Balaban J connectivity index is 1.45. The lowest BCUT2D eigenvalue weighted by molar-refractivity contribution is 0.102. The van der Waals surface area contributed by atoms with Crippen LogP contribution in [0.4, 0.5) is 5.82 Å². The smallest absolute Gasteiger partial charge is 0.256 e. The van der Waals surface area contributed by atoms with Gasteiger partial charge in [0.2, 0.25) is 0 Å². The number of aryl methyl sites for hydroxylation is 1. The van der Waals surface area contributed by atoms with E-state index in [1.165, 1.54) is 11.3 Å². The zero-order chi connectivity index (χ0) is 19.1. The van der Waals surface area contributed by atoms with Crippen LogP contribution in [-0.2, 0) is 7.05 Å². The van der Waals surface area contributed by atoms with Crippen LogP contribution >= 0.6 is 11.3 Å². The van der Waals surface area contributed by atoms with Crippen LogP contribution in [0.3, 0.4) is 0 Å². The normalized spacial score (nSPS) is 11.2. The van der Waals surface area contributed by atoms with E-state index in [0.717, 1.165) is 32.2 Å². The molecule has 7 nitrogen and oxygen atoms in total. The predicted octanol–water partition coefficient (Wildman–Crippen LogP) is 3.89. The second kappa shape index (κ2) is 6.50. The number of thiazole rings is 1. The number of hydrogen-bond acceptors (Lipinski definition) is 6. The Morgan fingerprint density at radius 1 is 1.04 bits per heavy atom. The zero-order valence-corrected chi connectivity index (χ0v) is 15.6. The molecule has 0 saturated heterocycles. The summed E-state index contributed by atoms with van der Waals surface area (Å²) in [6, 6.07) is 13.2. The Kier molecular flexibility index (Phi) is 3.84. The molecule has 3 heterocycles. The van der Waals surface area contributed by atoms with Crippen molar-refractivity contribution in [3.8, 4) is 11.1 Å². The van der Waals surface area contributed by atoms with E-state index in [9.17, 15) is 4.79 Å². The SMILES string of the molecule is Cn1cc(-c2ccc3nnc(NC(=O)c4ccc5ncsc5c4)cc3c2)cn1. The first kappa shape index (κ1) is 16.5. The van der Waals surface area contributed by atoms with Crippen molar-refractivity contribution in [2.45, 2.75) is 0 Å². The molecule has 5 rings (SSSR count). The van der Waals surface area contributed by atoms with Gasteiger partial charge in [-0.05, 0) is 42.0 Å². The average molecular weight is 386 g/mol. The highest BCUT2D eigenvalue weighted by Gasteiger charge is 2.10. The molecular weight excluding hydrogens is 372 g/mol. The Morgan fingerprint density at radius 3 is 2.79 bits per heavy atom. The molecule has 2 aromatic carbocycles. The Morgan fingerprint density at radius 2 is 1.93 bits per heavy atom. The van der Waals surface area contributed by atoms with Crippen molar-refractivity contribution in [3.63, 3.8) is 0 Å². The van der Waals surface area contributed by atoms with E-state index in [2.05, 4.69) is 25.6 Å². The van der Waals surface area contributed by atoms with Gasteiger partial charge in [-0.25, -0.2) is 4.98 Å². The van der Waals surface area contributed by atoms with Gasteiger partial charge >= 0.3 is 0 Å². The third-order valence-corrected chi connectivity index (χ3v) is 5.25. The van der Waals surface area contributed by atoms with E-state index in [-0.39, 0.29) is 5.91 Å². The summed E-state index contributed by atoms with van der Waals surface area (Å²) < 4.78 is 2.73. The van der Waals surface area contributed by atoms with Crippen LogP contribution in [0, 0.1) is 0 Å². The van der Waals surface area contributed by atoms with Gasteiger partial charge in [0.15, 0.2) is 5.82 Å². The lowest BCUT2D eigenvalue weighted by Crippen LogP contribution is -2.13. The monoisotopic (exact) mass is 386 g/mol. The predicted molar refractivity (Wildman–Crippen MR) is 109 cm³/mol. The number of rotatable bonds is 3. The third kappa shape index (κ3) is 2.99. The third-order valence-electron chi connectivity index (χ3n) is 4.46. The van der Waals surface area contributed by atoms with Crippen molar-refractivity contribution in [1.29, 1.82) is 0 Å². The van der Waals surface area contributed by atoms with Gasteiger partial charge in [-0.2, -0.15) is 5.10 Å². The maximum atomic E-state index is 12.6. The molecule has 0 unspecified atom stereocenters. The van der Waals surface area contributed by atoms with E-state index >= 15 is 0 Å². The number of hydrogen-bond donors (Lipinski definition) is 1. The summed E-state index contributed by atoms with van der Waals surface area (Å²) in [6.45, 7) is 0. The molecule has 0 saturated carbocycles. The molecule has 3 aromatic heterocycles. The van der Waals surface area contributed by atoms with E-state index < -0.39 is 0 Å². The molecule has 0 aliphatic carbocycles. The number of aromatic nitrogens is 5.